The fourth-order valence-electron chi connectivity index (χ4n) is 4.78. The third-order valence-corrected chi connectivity index (χ3v) is 7.59. The molecule has 1 aliphatic carbocycles. The summed E-state index contributed by atoms with van der Waals surface area (Å²) in [7, 11) is 1.67. The molecule has 2 aromatic carbocycles. The molecule has 1 unspecified atom stereocenters. The molecule has 0 bridgehead atoms. The quantitative estimate of drug-likeness (QED) is 0.392. The SMILES string of the molecule is COc1ccc(-c2nnc(SC(C)C(=O)Nc3c(C)cc(C)cc3C)n2C2CCCCC2)cc1. The van der Waals surface area contributed by atoms with E-state index in [1.807, 2.05) is 45.0 Å². The van der Waals surface area contributed by atoms with Gasteiger partial charge >= 0.3 is 0 Å². The van der Waals surface area contributed by atoms with Crippen LogP contribution in [0, 0.1) is 20.8 Å². The second kappa shape index (κ2) is 10.6. The largest absolute Gasteiger partial charge is 0.497 e. The Kier molecular flexibility index (Phi) is 7.61. The number of ether oxygens (including phenoxy) is 1. The van der Waals surface area contributed by atoms with Crippen LogP contribution in [0.15, 0.2) is 41.6 Å². The first-order valence-electron chi connectivity index (χ1n) is 12.0. The molecule has 4 rings (SSSR count). The molecule has 0 radical (unpaired) electrons. The highest BCUT2D eigenvalue weighted by atomic mass is 32.2. The molecule has 1 N–H and O–H groups in total. The Hall–Kier alpha value is -2.80. The maximum atomic E-state index is 13.1. The molecule has 1 amide bonds. The van der Waals surface area contributed by atoms with Crippen molar-refractivity contribution in [1.82, 2.24) is 14.8 Å². The maximum absolute atomic E-state index is 13.1. The van der Waals surface area contributed by atoms with Crippen molar-refractivity contribution in [3.63, 3.8) is 0 Å². The molecule has 0 spiro atoms. The summed E-state index contributed by atoms with van der Waals surface area (Å²) in [4.78, 5) is 13.1. The predicted octanol–water partition coefficient (Wildman–Crippen LogP) is 6.50. The molecule has 1 aromatic heterocycles. The van der Waals surface area contributed by atoms with Gasteiger partial charge in [-0.05, 0) is 75.9 Å². The molecule has 1 saturated carbocycles. The number of anilines is 1. The maximum Gasteiger partial charge on any atom is 0.237 e. The zero-order valence-corrected chi connectivity index (χ0v) is 21.5. The zero-order valence-electron chi connectivity index (χ0n) is 20.7. The van der Waals surface area contributed by atoms with Gasteiger partial charge in [0.05, 0.1) is 12.4 Å². The van der Waals surface area contributed by atoms with E-state index in [-0.39, 0.29) is 11.2 Å². The lowest BCUT2D eigenvalue weighted by atomic mass is 9.95. The van der Waals surface area contributed by atoms with Crippen LogP contribution in [0.4, 0.5) is 5.69 Å². The lowest BCUT2D eigenvalue weighted by Crippen LogP contribution is -2.24. The van der Waals surface area contributed by atoms with Crippen molar-refractivity contribution in [2.75, 3.05) is 12.4 Å². The number of aryl methyl sites for hydroxylation is 3. The van der Waals surface area contributed by atoms with Crippen LogP contribution in [0.3, 0.4) is 0 Å². The van der Waals surface area contributed by atoms with Gasteiger partial charge in [0.2, 0.25) is 5.91 Å². The van der Waals surface area contributed by atoms with Gasteiger partial charge in [-0.2, -0.15) is 0 Å². The first-order valence-corrected chi connectivity index (χ1v) is 12.9. The molecule has 34 heavy (non-hydrogen) atoms. The minimum Gasteiger partial charge on any atom is -0.497 e. The molecule has 180 valence electrons. The number of methoxy groups -OCH3 is 1. The van der Waals surface area contributed by atoms with Crippen LogP contribution in [-0.2, 0) is 4.79 Å². The molecular weight excluding hydrogens is 444 g/mol. The van der Waals surface area contributed by atoms with E-state index in [9.17, 15) is 4.79 Å². The molecule has 6 nitrogen and oxygen atoms in total. The van der Waals surface area contributed by atoms with Crippen LogP contribution < -0.4 is 10.1 Å². The summed E-state index contributed by atoms with van der Waals surface area (Å²) in [6.07, 6.45) is 5.90. The topological polar surface area (TPSA) is 69.0 Å². The van der Waals surface area contributed by atoms with E-state index in [0.717, 1.165) is 51.9 Å². The van der Waals surface area contributed by atoms with Crippen LogP contribution in [0.5, 0.6) is 5.75 Å². The van der Waals surface area contributed by atoms with Crippen LogP contribution in [0.2, 0.25) is 0 Å². The van der Waals surface area contributed by atoms with Gasteiger partial charge in [-0.25, -0.2) is 0 Å². The number of aromatic nitrogens is 3. The fourth-order valence-corrected chi connectivity index (χ4v) is 5.70. The number of hydrogen-bond donors (Lipinski definition) is 1. The molecule has 0 saturated heterocycles. The predicted molar refractivity (Wildman–Crippen MR) is 139 cm³/mol. The molecule has 0 aliphatic heterocycles. The van der Waals surface area contributed by atoms with Crippen molar-refractivity contribution in [3.8, 4) is 17.1 Å². The van der Waals surface area contributed by atoms with Crippen molar-refractivity contribution in [2.45, 2.75) is 76.2 Å². The average Bonchev–Trinajstić information content (AvgIpc) is 3.25. The monoisotopic (exact) mass is 478 g/mol. The van der Waals surface area contributed by atoms with Gasteiger partial charge in [0.15, 0.2) is 11.0 Å². The number of rotatable bonds is 7. The van der Waals surface area contributed by atoms with Gasteiger partial charge in [0.25, 0.3) is 0 Å². The molecule has 3 aromatic rings. The van der Waals surface area contributed by atoms with Gasteiger partial charge in [0.1, 0.15) is 5.75 Å². The lowest BCUT2D eigenvalue weighted by Gasteiger charge is -2.26. The molecule has 7 heteroatoms. The van der Waals surface area contributed by atoms with Gasteiger partial charge in [0, 0.05) is 17.3 Å². The second-order valence-corrected chi connectivity index (χ2v) is 10.5. The van der Waals surface area contributed by atoms with Crippen LogP contribution in [-0.4, -0.2) is 33.0 Å². The minimum atomic E-state index is -0.310. The molecule has 1 atom stereocenters. The molecular formula is C27H34N4O2S. The van der Waals surface area contributed by atoms with Crippen molar-refractivity contribution in [2.24, 2.45) is 0 Å². The Morgan fingerprint density at radius 2 is 1.71 bits per heavy atom. The number of nitrogens with zero attached hydrogens (tertiary/aromatic N) is 3. The first kappa shape index (κ1) is 24.3. The summed E-state index contributed by atoms with van der Waals surface area (Å²) in [5.41, 5.74) is 5.26. The third-order valence-electron chi connectivity index (χ3n) is 6.53. The van der Waals surface area contributed by atoms with Crippen molar-refractivity contribution in [3.05, 3.63) is 53.1 Å². The number of hydrogen-bond acceptors (Lipinski definition) is 5. The van der Waals surface area contributed by atoms with Crippen molar-refractivity contribution in [1.29, 1.82) is 0 Å². The number of amides is 1. The van der Waals surface area contributed by atoms with Crippen molar-refractivity contribution >= 4 is 23.4 Å². The third kappa shape index (κ3) is 5.30. The standard InChI is InChI=1S/C27H34N4O2S/c1-17-15-18(2)24(19(3)16-17)28-26(32)20(4)34-27-30-29-25(21-11-13-23(33-5)14-12-21)31(27)22-9-7-6-8-10-22/h11-16,20,22H,6-10H2,1-5H3,(H,28,32). The molecule has 1 heterocycles. The normalized spacial score (nSPS) is 15.2. The van der Waals surface area contributed by atoms with Crippen LogP contribution >= 0.6 is 11.8 Å². The van der Waals surface area contributed by atoms with E-state index >= 15 is 0 Å². The smallest absolute Gasteiger partial charge is 0.237 e. The van der Waals surface area contributed by atoms with E-state index in [0.29, 0.717) is 6.04 Å². The Bertz CT molecular complexity index is 1130. The Labute approximate surface area is 206 Å². The lowest BCUT2D eigenvalue weighted by molar-refractivity contribution is -0.115. The summed E-state index contributed by atoms with van der Waals surface area (Å²) in [5, 5.41) is 12.8. The van der Waals surface area contributed by atoms with Gasteiger partial charge in [-0.15, -0.1) is 10.2 Å². The number of thioether (sulfide) groups is 1. The summed E-state index contributed by atoms with van der Waals surface area (Å²) >= 11 is 1.48. The molecule has 1 fully saturated rings. The van der Waals surface area contributed by atoms with Crippen molar-refractivity contribution < 1.29 is 9.53 Å². The minimum absolute atomic E-state index is 0.0238. The van der Waals surface area contributed by atoms with Gasteiger partial charge < -0.3 is 10.1 Å². The van der Waals surface area contributed by atoms with E-state index in [1.54, 1.807) is 7.11 Å². The molecule has 1 aliphatic rings. The summed E-state index contributed by atoms with van der Waals surface area (Å²) in [6.45, 7) is 8.08. The Morgan fingerprint density at radius 3 is 2.32 bits per heavy atom. The van der Waals surface area contributed by atoms with Gasteiger partial charge in [-0.3, -0.25) is 9.36 Å². The highest BCUT2D eigenvalue weighted by Crippen LogP contribution is 2.37. The number of benzene rings is 2. The fraction of sp³-hybridized carbons (Fsp3) is 0.444. The highest BCUT2D eigenvalue weighted by Gasteiger charge is 2.27. The summed E-state index contributed by atoms with van der Waals surface area (Å²) in [6, 6.07) is 12.5. The van der Waals surface area contributed by atoms with Crippen LogP contribution in [0.1, 0.15) is 61.8 Å². The summed E-state index contributed by atoms with van der Waals surface area (Å²) in [5.74, 6) is 1.65. The highest BCUT2D eigenvalue weighted by molar-refractivity contribution is 8.00. The number of carbonyl (C=O) groups is 1. The summed E-state index contributed by atoms with van der Waals surface area (Å²) < 4.78 is 7.58. The second-order valence-electron chi connectivity index (χ2n) is 9.22. The van der Waals surface area contributed by atoms with E-state index < -0.39 is 0 Å². The van der Waals surface area contributed by atoms with E-state index in [1.165, 1.54) is 36.6 Å². The van der Waals surface area contributed by atoms with E-state index in [2.05, 4.69) is 39.1 Å². The first-order chi connectivity index (χ1) is 16.4. The van der Waals surface area contributed by atoms with Crippen LogP contribution in [0.25, 0.3) is 11.4 Å². The van der Waals surface area contributed by atoms with E-state index in [4.69, 9.17) is 4.74 Å². The van der Waals surface area contributed by atoms with Gasteiger partial charge in [-0.1, -0.05) is 48.7 Å². The zero-order chi connectivity index (χ0) is 24.2. The number of carbonyl (C=O) groups excluding carboxylic acids is 1. The Balaban J connectivity index is 1.59. The Morgan fingerprint density at radius 1 is 1.06 bits per heavy atom. The average molecular weight is 479 g/mol. The number of nitrogens with one attached hydrogen (secondary N) is 1.